The monoisotopic (exact) mass is 359 g/mol. The van der Waals surface area contributed by atoms with Crippen LogP contribution in [0.25, 0.3) is 6.08 Å². The number of fused-ring (bicyclic) bond motifs is 1. The lowest BCUT2D eigenvalue weighted by Crippen LogP contribution is -2.09. The zero-order chi connectivity index (χ0) is 17.8. The Morgan fingerprint density at radius 3 is 2.76 bits per heavy atom. The number of nitrogens with one attached hydrogen (secondary N) is 1. The molecular weight excluding hydrogens is 346 g/mol. The SMILES string of the molecule is COC(=O)c1cc(NC(=O)/C=C/c2ccc3c(c2)OCO3)ccc1Cl. The number of ether oxygens (including phenoxy) is 3. The van der Waals surface area contributed by atoms with Gasteiger partial charge in [0.05, 0.1) is 17.7 Å². The minimum atomic E-state index is -0.572. The predicted molar refractivity (Wildman–Crippen MR) is 93.0 cm³/mol. The number of hydrogen-bond acceptors (Lipinski definition) is 5. The zero-order valence-electron chi connectivity index (χ0n) is 13.2. The number of methoxy groups -OCH3 is 1. The highest BCUT2D eigenvalue weighted by Crippen LogP contribution is 2.32. The fraction of sp³-hybridized carbons (Fsp3) is 0.111. The van der Waals surface area contributed by atoms with E-state index in [0.29, 0.717) is 17.2 Å². The van der Waals surface area contributed by atoms with Crippen molar-refractivity contribution in [3.63, 3.8) is 0 Å². The number of anilines is 1. The van der Waals surface area contributed by atoms with E-state index in [-0.39, 0.29) is 23.3 Å². The lowest BCUT2D eigenvalue weighted by molar-refractivity contribution is -0.111. The molecule has 25 heavy (non-hydrogen) atoms. The second-order valence-electron chi connectivity index (χ2n) is 5.12. The van der Waals surface area contributed by atoms with Crippen molar-refractivity contribution >= 4 is 35.2 Å². The van der Waals surface area contributed by atoms with Crippen molar-refractivity contribution in [1.29, 1.82) is 0 Å². The van der Waals surface area contributed by atoms with Gasteiger partial charge >= 0.3 is 5.97 Å². The van der Waals surface area contributed by atoms with Crippen LogP contribution in [0.5, 0.6) is 11.5 Å². The van der Waals surface area contributed by atoms with E-state index in [1.807, 2.05) is 6.07 Å². The summed E-state index contributed by atoms with van der Waals surface area (Å²) in [6, 6.07) is 9.95. The van der Waals surface area contributed by atoms with Gasteiger partial charge in [-0.05, 0) is 42.0 Å². The number of carbonyl (C=O) groups is 2. The van der Waals surface area contributed by atoms with Crippen LogP contribution in [0.1, 0.15) is 15.9 Å². The molecule has 1 amide bonds. The first kappa shape index (κ1) is 16.9. The predicted octanol–water partition coefficient (Wildman–Crippen LogP) is 3.51. The van der Waals surface area contributed by atoms with Gasteiger partial charge in [0, 0.05) is 11.8 Å². The van der Waals surface area contributed by atoms with E-state index in [9.17, 15) is 9.59 Å². The third-order valence-electron chi connectivity index (χ3n) is 3.46. The van der Waals surface area contributed by atoms with Crippen molar-refractivity contribution in [2.45, 2.75) is 0 Å². The quantitative estimate of drug-likeness (QED) is 0.668. The minimum absolute atomic E-state index is 0.182. The van der Waals surface area contributed by atoms with Crippen LogP contribution in [-0.2, 0) is 9.53 Å². The number of amides is 1. The summed E-state index contributed by atoms with van der Waals surface area (Å²) >= 11 is 5.94. The Kier molecular flexibility index (Phi) is 4.90. The van der Waals surface area contributed by atoms with Gasteiger partial charge in [-0.15, -0.1) is 0 Å². The van der Waals surface area contributed by atoms with Crippen molar-refractivity contribution in [3.05, 3.63) is 58.6 Å². The minimum Gasteiger partial charge on any atom is -0.465 e. The van der Waals surface area contributed by atoms with Crippen molar-refractivity contribution < 1.29 is 23.8 Å². The summed E-state index contributed by atoms with van der Waals surface area (Å²) in [5.74, 6) is 0.397. The van der Waals surface area contributed by atoms with Gasteiger partial charge in [-0.2, -0.15) is 0 Å². The van der Waals surface area contributed by atoms with E-state index in [1.165, 1.54) is 25.3 Å². The molecule has 0 aliphatic carbocycles. The van der Waals surface area contributed by atoms with E-state index < -0.39 is 5.97 Å². The van der Waals surface area contributed by atoms with Crippen LogP contribution in [-0.4, -0.2) is 25.8 Å². The third-order valence-corrected chi connectivity index (χ3v) is 3.79. The topological polar surface area (TPSA) is 73.9 Å². The summed E-state index contributed by atoms with van der Waals surface area (Å²) in [6.07, 6.45) is 3.03. The lowest BCUT2D eigenvalue weighted by Gasteiger charge is -2.06. The Bertz CT molecular complexity index is 863. The number of hydrogen-bond donors (Lipinski definition) is 1. The van der Waals surface area contributed by atoms with Crippen molar-refractivity contribution in [3.8, 4) is 11.5 Å². The Morgan fingerprint density at radius 2 is 1.96 bits per heavy atom. The van der Waals surface area contributed by atoms with Gasteiger partial charge in [-0.1, -0.05) is 17.7 Å². The Balaban J connectivity index is 1.69. The van der Waals surface area contributed by atoms with Crippen LogP contribution in [0, 0.1) is 0 Å². The second kappa shape index (κ2) is 7.27. The van der Waals surface area contributed by atoms with Crippen LogP contribution in [0.2, 0.25) is 5.02 Å². The van der Waals surface area contributed by atoms with Crippen molar-refractivity contribution in [1.82, 2.24) is 0 Å². The first-order valence-electron chi connectivity index (χ1n) is 7.33. The number of rotatable bonds is 4. The summed E-state index contributed by atoms with van der Waals surface area (Å²) in [7, 11) is 1.26. The van der Waals surface area contributed by atoms with E-state index in [1.54, 1.807) is 24.3 Å². The molecule has 0 unspecified atom stereocenters. The summed E-state index contributed by atoms with van der Waals surface area (Å²) < 4.78 is 15.2. The summed E-state index contributed by atoms with van der Waals surface area (Å²) in [4.78, 5) is 23.7. The smallest absolute Gasteiger partial charge is 0.339 e. The van der Waals surface area contributed by atoms with Crippen LogP contribution >= 0.6 is 11.6 Å². The molecule has 2 aromatic carbocycles. The first-order valence-corrected chi connectivity index (χ1v) is 7.71. The summed E-state index contributed by atoms with van der Waals surface area (Å²) in [6.45, 7) is 0.197. The van der Waals surface area contributed by atoms with Crippen molar-refractivity contribution in [2.24, 2.45) is 0 Å². The molecule has 0 atom stereocenters. The Hall–Kier alpha value is -2.99. The lowest BCUT2D eigenvalue weighted by atomic mass is 10.2. The van der Waals surface area contributed by atoms with Crippen LogP contribution in [0.4, 0.5) is 5.69 Å². The first-order chi connectivity index (χ1) is 12.1. The van der Waals surface area contributed by atoms with Gasteiger partial charge < -0.3 is 19.5 Å². The molecule has 1 heterocycles. The molecule has 0 saturated carbocycles. The van der Waals surface area contributed by atoms with Gasteiger partial charge in [0.1, 0.15) is 0 Å². The molecule has 0 bridgehead atoms. The molecule has 1 N–H and O–H groups in total. The van der Waals surface area contributed by atoms with Gasteiger partial charge in [-0.25, -0.2) is 4.79 Å². The standard InChI is InChI=1S/C18H14ClNO5/c1-23-18(22)13-9-12(4-5-14(13)19)20-17(21)7-3-11-2-6-15-16(8-11)25-10-24-15/h2-9H,10H2,1H3,(H,20,21)/b7-3+. The maximum absolute atomic E-state index is 12.1. The third kappa shape index (κ3) is 3.92. The number of carbonyl (C=O) groups excluding carboxylic acids is 2. The van der Waals surface area contributed by atoms with E-state index in [0.717, 1.165) is 5.56 Å². The normalized spacial score (nSPS) is 12.2. The van der Waals surface area contributed by atoms with Gasteiger partial charge in [0.2, 0.25) is 12.7 Å². The molecule has 2 aromatic rings. The van der Waals surface area contributed by atoms with E-state index >= 15 is 0 Å². The molecule has 1 aliphatic rings. The molecule has 6 nitrogen and oxygen atoms in total. The highest BCUT2D eigenvalue weighted by Gasteiger charge is 2.13. The maximum Gasteiger partial charge on any atom is 0.339 e. The van der Waals surface area contributed by atoms with Gasteiger partial charge in [0.25, 0.3) is 0 Å². The molecular formula is C18H14ClNO5. The summed E-state index contributed by atoms with van der Waals surface area (Å²) in [5.41, 5.74) is 1.41. The van der Waals surface area contributed by atoms with Crippen LogP contribution < -0.4 is 14.8 Å². The van der Waals surface area contributed by atoms with E-state index in [2.05, 4.69) is 10.1 Å². The Morgan fingerprint density at radius 1 is 1.16 bits per heavy atom. The second-order valence-corrected chi connectivity index (χ2v) is 5.53. The molecule has 0 aromatic heterocycles. The highest BCUT2D eigenvalue weighted by atomic mass is 35.5. The summed E-state index contributed by atoms with van der Waals surface area (Å²) in [5, 5.41) is 2.91. The number of benzene rings is 2. The van der Waals surface area contributed by atoms with Gasteiger partial charge in [0.15, 0.2) is 11.5 Å². The molecule has 0 radical (unpaired) electrons. The van der Waals surface area contributed by atoms with Crippen LogP contribution in [0.15, 0.2) is 42.5 Å². The zero-order valence-corrected chi connectivity index (χ0v) is 14.0. The molecule has 0 fully saturated rings. The largest absolute Gasteiger partial charge is 0.465 e. The fourth-order valence-corrected chi connectivity index (χ4v) is 2.44. The average Bonchev–Trinajstić information content (AvgIpc) is 3.08. The molecule has 0 spiro atoms. The van der Waals surface area contributed by atoms with Crippen molar-refractivity contribution in [2.75, 3.05) is 19.2 Å². The molecule has 0 saturated heterocycles. The average molecular weight is 360 g/mol. The highest BCUT2D eigenvalue weighted by molar-refractivity contribution is 6.33. The molecule has 1 aliphatic heterocycles. The van der Waals surface area contributed by atoms with Crippen LogP contribution in [0.3, 0.4) is 0 Å². The number of esters is 1. The molecule has 7 heteroatoms. The van der Waals surface area contributed by atoms with Gasteiger partial charge in [-0.3, -0.25) is 4.79 Å². The van der Waals surface area contributed by atoms with E-state index in [4.69, 9.17) is 21.1 Å². The molecule has 128 valence electrons. The maximum atomic E-state index is 12.1. The fourth-order valence-electron chi connectivity index (χ4n) is 2.24. The Labute approximate surface area is 148 Å². The molecule has 3 rings (SSSR count). The number of halogens is 1.